The van der Waals surface area contributed by atoms with E-state index in [1.54, 1.807) is 6.07 Å². The Bertz CT molecular complexity index is 642. The minimum Gasteiger partial charge on any atom is -0.382 e. The largest absolute Gasteiger partial charge is 0.382 e. The molecule has 1 amide bonds. The highest BCUT2D eigenvalue weighted by molar-refractivity contribution is 6.06. The third kappa shape index (κ3) is 1.40. The predicted molar refractivity (Wildman–Crippen MR) is 70.1 cm³/mol. The molecule has 0 saturated carbocycles. The number of carbonyl (C=O) groups excluding carboxylic acids is 1. The van der Waals surface area contributed by atoms with E-state index in [-0.39, 0.29) is 5.91 Å². The van der Waals surface area contributed by atoms with Crippen LogP contribution in [0.2, 0.25) is 0 Å². The van der Waals surface area contributed by atoms with Gasteiger partial charge in [-0.3, -0.25) is 9.89 Å². The molecule has 18 heavy (non-hydrogen) atoms. The van der Waals surface area contributed by atoms with E-state index >= 15 is 0 Å². The molecular weight excluding hydrogens is 228 g/mol. The normalized spacial score (nSPS) is 16.4. The molecule has 5 nitrogen and oxygen atoms in total. The van der Waals surface area contributed by atoms with E-state index in [0.29, 0.717) is 5.82 Å². The van der Waals surface area contributed by atoms with Crippen molar-refractivity contribution in [1.82, 2.24) is 10.2 Å². The van der Waals surface area contributed by atoms with Crippen molar-refractivity contribution in [2.45, 2.75) is 19.3 Å². The van der Waals surface area contributed by atoms with Crippen LogP contribution in [-0.2, 0) is 10.2 Å². The van der Waals surface area contributed by atoms with E-state index in [0.717, 1.165) is 22.5 Å². The lowest BCUT2D eigenvalue weighted by atomic mass is 9.85. The number of hydrogen-bond acceptors (Lipinski definition) is 3. The molecule has 2 heterocycles. The average molecular weight is 242 g/mol. The fourth-order valence-corrected chi connectivity index (χ4v) is 2.22. The number of aromatic nitrogens is 2. The summed E-state index contributed by atoms with van der Waals surface area (Å²) in [7, 11) is 0. The van der Waals surface area contributed by atoms with Crippen LogP contribution in [0.1, 0.15) is 19.4 Å². The Morgan fingerprint density at radius 2 is 2.06 bits per heavy atom. The zero-order chi connectivity index (χ0) is 12.9. The maximum atomic E-state index is 11.9. The van der Waals surface area contributed by atoms with Gasteiger partial charge in [-0.05, 0) is 31.5 Å². The molecule has 0 unspecified atom stereocenters. The first kappa shape index (κ1) is 10.8. The maximum Gasteiger partial charge on any atom is 0.234 e. The van der Waals surface area contributed by atoms with Crippen molar-refractivity contribution in [3.8, 4) is 11.3 Å². The van der Waals surface area contributed by atoms with Gasteiger partial charge in [-0.15, -0.1) is 0 Å². The van der Waals surface area contributed by atoms with Crippen LogP contribution >= 0.6 is 0 Å². The molecule has 1 aliphatic rings. The SMILES string of the molecule is CC1(C)C(=O)Nc2ccc(-c3cc(N)n[nH]3)cc21. The molecule has 5 heteroatoms. The van der Waals surface area contributed by atoms with E-state index in [4.69, 9.17) is 5.73 Å². The second kappa shape index (κ2) is 3.35. The molecule has 0 radical (unpaired) electrons. The maximum absolute atomic E-state index is 11.9. The Morgan fingerprint density at radius 1 is 1.28 bits per heavy atom. The van der Waals surface area contributed by atoms with Crippen LogP contribution in [0.15, 0.2) is 24.3 Å². The zero-order valence-corrected chi connectivity index (χ0v) is 10.2. The van der Waals surface area contributed by atoms with Crippen LogP contribution in [0.4, 0.5) is 11.5 Å². The quantitative estimate of drug-likeness (QED) is 0.714. The molecule has 1 aromatic heterocycles. The van der Waals surface area contributed by atoms with Crippen molar-refractivity contribution in [3.63, 3.8) is 0 Å². The number of nitrogens with one attached hydrogen (secondary N) is 2. The van der Waals surface area contributed by atoms with Gasteiger partial charge in [-0.1, -0.05) is 6.07 Å². The summed E-state index contributed by atoms with van der Waals surface area (Å²) in [5.74, 6) is 0.484. The smallest absolute Gasteiger partial charge is 0.234 e. The molecule has 0 bridgehead atoms. The monoisotopic (exact) mass is 242 g/mol. The van der Waals surface area contributed by atoms with Gasteiger partial charge in [0.1, 0.15) is 5.82 Å². The van der Waals surface area contributed by atoms with E-state index < -0.39 is 5.41 Å². The first-order valence-electron chi connectivity index (χ1n) is 5.76. The number of H-pyrrole nitrogens is 1. The number of benzene rings is 1. The fraction of sp³-hybridized carbons (Fsp3) is 0.231. The van der Waals surface area contributed by atoms with Crippen molar-refractivity contribution in [3.05, 3.63) is 29.8 Å². The molecule has 0 atom stereocenters. The summed E-state index contributed by atoms with van der Waals surface area (Å²) in [5.41, 5.74) is 8.79. The van der Waals surface area contributed by atoms with Gasteiger partial charge in [-0.2, -0.15) is 5.10 Å². The van der Waals surface area contributed by atoms with Gasteiger partial charge < -0.3 is 11.1 Å². The Morgan fingerprint density at radius 3 is 2.72 bits per heavy atom. The van der Waals surface area contributed by atoms with Gasteiger partial charge in [0.25, 0.3) is 0 Å². The number of rotatable bonds is 1. The first-order chi connectivity index (χ1) is 8.48. The Hall–Kier alpha value is -2.30. The third-order valence-corrected chi connectivity index (χ3v) is 3.42. The van der Waals surface area contributed by atoms with Crippen molar-refractivity contribution < 1.29 is 4.79 Å². The Kier molecular flexibility index (Phi) is 2.02. The molecule has 1 aliphatic heterocycles. The summed E-state index contributed by atoms with van der Waals surface area (Å²) < 4.78 is 0. The van der Waals surface area contributed by atoms with Crippen LogP contribution in [0.5, 0.6) is 0 Å². The van der Waals surface area contributed by atoms with Gasteiger partial charge in [-0.25, -0.2) is 0 Å². The third-order valence-electron chi connectivity index (χ3n) is 3.42. The Balaban J connectivity index is 2.13. The lowest BCUT2D eigenvalue weighted by molar-refractivity contribution is -0.119. The standard InChI is InChI=1S/C13H14N4O/c1-13(2)8-5-7(10-6-11(14)17-16-10)3-4-9(8)15-12(13)18/h3-6H,1-2H3,(H,15,18)(H3,14,16,17). The molecule has 3 rings (SSSR count). The fourth-order valence-electron chi connectivity index (χ4n) is 2.22. The van der Waals surface area contributed by atoms with E-state index in [1.165, 1.54) is 0 Å². The van der Waals surface area contributed by atoms with Crippen LogP contribution in [0.3, 0.4) is 0 Å². The summed E-state index contributed by atoms with van der Waals surface area (Å²) in [6.07, 6.45) is 0. The van der Waals surface area contributed by atoms with Gasteiger partial charge in [0.15, 0.2) is 0 Å². The summed E-state index contributed by atoms with van der Waals surface area (Å²) in [5, 5.41) is 9.66. The number of nitrogens with zero attached hydrogens (tertiary/aromatic N) is 1. The van der Waals surface area contributed by atoms with Crippen molar-refractivity contribution in [2.75, 3.05) is 11.1 Å². The number of amides is 1. The van der Waals surface area contributed by atoms with Crippen molar-refractivity contribution >= 4 is 17.4 Å². The number of anilines is 2. The molecule has 1 aromatic carbocycles. The number of carbonyl (C=O) groups is 1. The van der Waals surface area contributed by atoms with E-state index in [1.807, 2.05) is 32.0 Å². The van der Waals surface area contributed by atoms with Crippen LogP contribution in [0.25, 0.3) is 11.3 Å². The van der Waals surface area contributed by atoms with E-state index in [9.17, 15) is 4.79 Å². The van der Waals surface area contributed by atoms with Crippen molar-refractivity contribution in [2.24, 2.45) is 0 Å². The highest BCUT2D eigenvalue weighted by atomic mass is 16.2. The number of fused-ring (bicyclic) bond motifs is 1. The predicted octanol–water partition coefficient (Wildman–Crippen LogP) is 1.89. The van der Waals surface area contributed by atoms with Gasteiger partial charge in [0.2, 0.25) is 5.91 Å². The summed E-state index contributed by atoms with van der Waals surface area (Å²) >= 11 is 0. The number of nitrogen functional groups attached to an aromatic ring is 1. The lowest BCUT2D eigenvalue weighted by Crippen LogP contribution is -2.26. The van der Waals surface area contributed by atoms with Crippen molar-refractivity contribution in [1.29, 1.82) is 0 Å². The minimum absolute atomic E-state index is 0.0266. The van der Waals surface area contributed by atoms with Gasteiger partial charge in [0, 0.05) is 17.3 Å². The second-order valence-electron chi connectivity index (χ2n) is 5.05. The van der Waals surface area contributed by atoms with Gasteiger partial charge in [0.05, 0.1) is 11.1 Å². The second-order valence-corrected chi connectivity index (χ2v) is 5.05. The molecule has 4 N–H and O–H groups in total. The zero-order valence-electron chi connectivity index (χ0n) is 10.2. The summed E-state index contributed by atoms with van der Waals surface area (Å²) in [6, 6.07) is 7.63. The van der Waals surface area contributed by atoms with Crippen LogP contribution in [-0.4, -0.2) is 16.1 Å². The number of hydrogen-bond donors (Lipinski definition) is 3. The number of nitrogens with two attached hydrogens (primary N) is 1. The molecule has 0 saturated heterocycles. The highest BCUT2D eigenvalue weighted by Crippen LogP contribution is 2.39. The van der Waals surface area contributed by atoms with Crippen LogP contribution < -0.4 is 11.1 Å². The van der Waals surface area contributed by atoms with Crippen LogP contribution in [0, 0.1) is 0 Å². The minimum atomic E-state index is -0.503. The molecule has 0 spiro atoms. The Labute approximate surface area is 104 Å². The first-order valence-corrected chi connectivity index (χ1v) is 5.76. The molecular formula is C13H14N4O. The topological polar surface area (TPSA) is 83.8 Å². The molecule has 0 fully saturated rings. The number of aromatic amines is 1. The summed E-state index contributed by atoms with van der Waals surface area (Å²) in [4.78, 5) is 11.9. The van der Waals surface area contributed by atoms with E-state index in [2.05, 4.69) is 15.5 Å². The summed E-state index contributed by atoms with van der Waals surface area (Å²) in [6.45, 7) is 3.83. The molecule has 0 aliphatic carbocycles. The lowest BCUT2D eigenvalue weighted by Gasteiger charge is -2.15. The van der Waals surface area contributed by atoms with Gasteiger partial charge >= 0.3 is 0 Å². The molecule has 2 aromatic rings. The highest BCUT2D eigenvalue weighted by Gasteiger charge is 2.38. The average Bonchev–Trinajstić information content (AvgIpc) is 2.83. The molecule has 92 valence electrons.